The van der Waals surface area contributed by atoms with E-state index in [1.807, 2.05) is 0 Å². The van der Waals surface area contributed by atoms with Crippen molar-refractivity contribution >= 4 is 23.4 Å². The second kappa shape index (κ2) is 7.20. The molecule has 0 radical (unpaired) electrons. The van der Waals surface area contributed by atoms with Crippen LogP contribution in [0.3, 0.4) is 0 Å². The molecule has 0 aliphatic rings. The van der Waals surface area contributed by atoms with Crippen LogP contribution in [0.4, 0.5) is 0 Å². The second-order valence-corrected chi connectivity index (χ2v) is 3.16. The topological polar surface area (TPSA) is 99.2 Å². The number of unbranched alkanes of at least 4 members (excludes halogenated alkanes) is 1. The lowest BCUT2D eigenvalue weighted by Crippen LogP contribution is -2.22. The summed E-state index contributed by atoms with van der Waals surface area (Å²) in [7, 11) is 0. The normalized spacial score (nSPS) is 11.1. The lowest BCUT2D eigenvalue weighted by molar-refractivity contribution is -0.137. The molecule has 0 aromatic heterocycles. The van der Waals surface area contributed by atoms with Gasteiger partial charge in [-0.15, -0.1) is 0 Å². The summed E-state index contributed by atoms with van der Waals surface area (Å²) >= 11 is 5.33. The third kappa shape index (κ3) is 8.86. The SMILES string of the molecule is N=C(/C=C(\N)Cl)NCCCCC(=O)O. The number of hydrogen-bond donors (Lipinski definition) is 4. The summed E-state index contributed by atoms with van der Waals surface area (Å²) < 4.78 is 0. The lowest BCUT2D eigenvalue weighted by atomic mass is 10.2. The van der Waals surface area contributed by atoms with Gasteiger partial charge in [-0.05, 0) is 12.8 Å². The zero-order valence-corrected chi connectivity index (χ0v) is 8.47. The maximum atomic E-state index is 10.1. The summed E-state index contributed by atoms with van der Waals surface area (Å²) in [6, 6.07) is 0. The Labute approximate surface area is 87.4 Å². The van der Waals surface area contributed by atoms with E-state index in [0.717, 1.165) is 0 Å². The van der Waals surface area contributed by atoms with E-state index in [1.54, 1.807) is 0 Å². The van der Waals surface area contributed by atoms with Crippen molar-refractivity contribution in [2.75, 3.05) is 6.54 Å². The molecular weight excluding hydrogens is 206 g/mol. The number of carbonyl (C=O) groups is 1. The van der Waals surface area contributed by atoms with Crippen LogP contribution in [-0.4, -0.2) is 23.5 Å². The molecule has 0 rings (SSSR count). The van der Waals surface area contributed by atoms with E-state index in [1.165, 1.54) is 6.08 Å². The van der Waals surface area contributed by atoms with Crippen molar-refractivity contribution in [2.45, 2.75) is 19.3 Å². The maximum absolute atomic E-state index is 10.1. The molecule has 0 amide bonds. The number of nitrogens with one attached hydrogen (secondary N) is 2. The molecule has 0 aromatic carbocycles. The van der Waals surface area contributed by atoms with Crippen LogP contribution in [0.25, 0.3) is 0 Å². The van der Waals surface area contributed by atoms with Gasteiger partial charge in [-0.1, -0.05) is 11.6 Å². The predicted octanol–water partition coefficient (Wildman–Crippen LogP) is 0.847. The zero-order chi connectivity index (χ0) is 11.0. The van der Waals surface area contributed by atoms with Crippen LogP contribution in [-0.2, 0) is 4.79 Å². The molecule has 0 bridgehead atoms. The molecule has 0 unspecified atom stereocenters. The first kappa shape index (κ1) is 12.8. The van der Waals surface area contributed by atoms with Crippen molar-refractivity contribution in [1.29, 1.82) is 5.41 Å². The molecule has 0 aliphatic carbocycles. The highest BCUT2D eigenvalue weighted by Gasteiger charge is 1.96. The quantitative estimate of drug-likeness (QED) is 0.230. The van der Waals surface area contributed by atoms with Crippen LogP contribution in [0.1, 0.15) is 19.3 Å². The average Bonchev–Trinajstić information content (AvgIpc) is 2.01. The van der Waals surface area contributed by atoms with Crippen LogP contribution in [0.2, 0.25) is 0 Å². The van der Waals surface area contributed by atoms with Crippen molar-refractivity contribution in [2.24, 2.45) is 5.73 Å². The van der Waals surface area contributed by atoms with E-state index in [4.69, 9.17) is 27.9 Å². The minimum absolute atomic E-state index is 0.0491. The molecule has 6 heteroatoms. The van der Waals surface area contributed by atoms with Crippen LogP contribution < -0.4 is 11.1 Å². The largest absolute Gasteiger partial charge is 0.481 e. The molecular formula is C8H14ClN3O2. The third-order valence-corrected chi connectivity index (χ3v) is 1.52. The van der Waals surface area contributed by atoms with Gasteiger partial charge in [0.25, 0.3) is 0 Å². The maximum Gasteiger partial charge on any atom is 0.303 e. The van der Waals surface area contributed by atoms with Gasteiger partial charge in [0.1, 0.15) is 11.0 Å². The Bertz CT molecular complexity index is 237. The minimum Gasteiger partial charge on any atom is -0.481 e. The molecule has 0 heterocycles. The second-order valence-electron chi connectivity index (χ2n) is 2.72. The highest BCUT2D eigenvalue weighted by Crippen LogP contribution is 1.94. The Morgan fingerprint density at radius 1 is 1.57 bits per heavy atom. The van der Waals surface area contributed by atoms with E-state index < -0.39 is 5.97 Å². The van der Waals surface area contributed by atoms with Gasteiger partial charge in [-0.25, -0.2) is 0 Å². The summed E-state index contributed by atoms with van der Waals surface area (Å²) in [4.78, 5) is 10.1. The molecule has 80 valence electrons. The lowest BCUT2D eigenvalue weighted by Gasteiger charge is -2.03. The molecule has 0 saturated heterocycles. The van der Waals surface area contributed by atoms with Gasteiger partial charge < -0.3 is 16.2 Å². The van der Waals surface area contributed by atoms with Crippen molar-refractivity contribution in [3.05, 3.63) is 11.2 Å². The Morgan fingerprint density at radius 3 is 2.71 bits per heavy atom. The number of amidine groups is 1. The minimum atomic E-state index is -0.801. The first-order valence-electron chi connectivity index (χ1n) is 4.19. The first-order valence-corrected chi connectivity index (χ1v) is 4.57. The fraction of sp³-hybridized carbons (Fsp3) is 0.500. The van der Waals surface area contributed by atoms with Crippen molar-refractivity contribution < 1.29 is 9.90 Å². The monoisotopic (exact) mass is 219 g/mol. The summed E-state index contributed by atoms with van der Waals surface area (Å²) in [5.74, 6) is -0.669. The van der Waals surface area contributed by atoms with E-state index >= 15 is 0 Å². The van der Waals surface area contributed by atoms with E-state index in [0.29, 0.717) is 19.4 Å². The number of carboxylic acid groups (broad SMARTS) is 1. The number of hydrogen-bond acceptors (Lipinski definition) is 3. The van der Waals surface area contributed by atoms with Crippen molar-refractivity contribution in [1.82, 2.24) is 5.32 Å². The van der Waals surface area contributed by atoms with Gasteiger partial charge in [-0.3, -0.25) is 10.2 Å². The zero-order valence-electron chi connectivity index (χ0n) is 7.72. The van der Waals surface area contributed by atoms with Crippen molar-refractivity contribution in [3.63, 3.8) is 0 Å². The summed E-state index contributed by atoms with van der Waals surface area (Å²) in [6.45, 7) is 0.548. The highest BCUT2D eigenvalue weighted by atomic mass is 35.5. The van der Waals surface area contributed by atoms with Gasteiger partial charge in [0.05, 0.1) is 0 Å². The fourth-order valence-electron chi connectivity index (χ4n) is 0.813. The van der Waals surface area contributed by atoms with Gasteiger partial charge in [-0.2, -0.15) is 0 Å². The molecule has 0 saturated carbocycles. The van der Waals surface area contributed by atoms with Gasteiger partial charge in [0.2, 0.25) is 0 Å². The van der Waals surface area contributed by atoms with E-state index in [2.05, 4.69) is 5.32 Å². The molecule has 0 atom stereocenters. The number of nitrogens with two attached hydrogens (primary N) is 1. The van der Waals surface area contributed by atoms with Gasteiger partial charge >= 0.3 is 5.97 Å². The Kier molecular flexibility index (Phi) is 6.57. The number of aliphatic carboxylic acids is 1. The van der Waals surface area contributed by atoms with E-state index in [-0.39, 0.29) is 17.4 Å². The average molecular weight is 220 g/mol. The molecule has 0 aliphatic heterocycles. The summed E-state index contributed by atoms with van der Waals surface area (Å²) in [5, 5.41) is 18.4. The molecule has 0 fully saturated rings. The summed E-state index contributed by atoms with van der Waals surface area (Å²) in [5.41, 5.74) is 5.13. The van der Waals surface area contributed by atoms with Crippen LogP contribution in [0.15, 0.2) is 11.2 Å². The third-order valence-electron chi connectivity index (χ3n) is 1.42. The van der Waals surface area contributed by atoms with Crippen LogP contribution in [0.5, 0.6) is 0 Å². The molecule has 0 aromatic rings. The Hall–Kier alpha value is -1.23. The molecule has 5 nitrogen and oxygen atoms in total. The Balaban J connectivity index is 3.41. The van der Waals surface area contributed by atoms with E-state index in [9.17, 15) is 4.79 Å². The summed E-state index contributed by atoms with van der Waals surface area (Å²) in [6.07, 6.45) is 2.74. The number of halogens is 1. The standard InChI is InChI=1S/C8H14ClN3O2/c9-6(10)5-7(11)12-4-2-1-3-8(13)14/h5H,1-4,10H2,(H2,11,12)(H,13,14)/b6-5-. The number of rotatable bonds is 6. The first-order chi connectivity index (χ1) is 6.52. The predicted molar refractivity (Wildman–Crippen MR) is 55.3 cm³/mol. The van der Waals surface area contributed by atoms with Gasteiger partial charge in [0.15, 0.2) is 0 Å². The van der Waals surface area contributed by atoms with Gasteiger partial charge in [0, 0.05) is 19.0 Å². The smallest absolute Gasteiger partial charge is 0.303 e. The van der Waals surface area contributed by atoms with Crippen LogP contribution >= 0.6 is 11.6 Å². The Morgan fingerprint density at radius 2 is 2.21 bits per heavy atom. The number of carboxylic acids is 1. The molecule has 0 spiro atoms. The van der Waals surface area contributed by atoms with Crippen molar-refractivity contribution in [3.8, 4) is 0 Å². The van der Waals surface area contributed by atoms with Crippen LogP contribution in [0, 0.1) is 5.41 Å². The molecule has 14 heavy (non-hydrogen) atoms. The molecule has 5 N–H and O–H groups in total. The fourth-order valence-corrected chi connectivity index (χ4v) is 0.922. The highest BCUT2D eigenvalue weighted by molar-refractivity contribution is 6.30.